The summed E-state index contributed by atoms with van der Waals surface area (Å²) in [5.41, 5.74) is 2.15. The number of esters is 1. The van der Waals surface area contributed by atoms with Gasteiger partial charge in [-0.05, 0) is 38.2 Å². The molecule has 2 nitrogen and oxygen atoms in total. The zero-order valence-corrected chi connectivity index (χ0v) is 7.43. The van der Waals surface area contributed by atoms with Gasteiger partial charge >= 0.3 is 5.97 Å². The largest absolute Gasteiger partial charge is 0.454 e. The molecule has 0 saturated heterocycles. The summed E-state index contributed by atoms with van der Waals surface area (Å²) in [5, 5.41) is 0. The second kappa shape index (κ2) is 2.92. The average Bonchev–Trinajstić information content (AvgIpc) is 2.30. The third kappa shape index (κ3) is 1.15. The molecule has 0 aromatic heterocycles. The SMILES string of the molecule is CC1=C2CCCCC[C@@H]2OC1=O. The van der Waals surface area contributed by atoms with E-state index in [2.05, 4.69) is 0 Å². The van der Waals surface area contributed by atoms with E-state index in [-0.39, 0.29) is 12.1 Å². The van der Waals surface area contributed by atoms with Gasteiger partial charge in [0.2, 0.25) is 0 Å². The van der Waals surface area contributed by atoms with E-state index in [1.165, 1.54) is 24.8 Å². The van der Waals surface area contributed by atoms with Gasteiger partial charge in [0.15, 0.2) is 0 Å². The molecule has 1 fully saturated rings. The number of fused-ring (bicyclic) bond motifs is 1. The summed E-state index contributed by atoms with van der Waals surface area (Å²) < 4.78 is 5.24. The fourth-order valence-corrected chi connectivity index (χ4v) is 2.06. The van der Waals surface area contributed by atoms with E-state index < -0.39 is 0 Å². The summed E-state index contributed by atoms with van der Waals surface area (Å²) in [4.78, 5) is 11.2. The molecular formula is C10H14O2. The van der Waals surface area contributed by atoms with Gasteiger partial charge in [-0.15, -0.1) is 0 Å². The maximum Gasteiger partial charge on any atom is 0.334 e. The molecular weight excluding hydrogens is 152 g/mol. The van der Waals surface area contributed by atoms with Gasteiger partial charge in [0, 0.05) is 5.57 Å². The molecule has 0 aromatic carbocycles. The maximum atomic E-state index is 11.2. The van der Waals surface area contributed by atoms with E-state index in [4.69, 9.17) is 4.74 Å². The lowest BCUT2D eigenvalue weighted by Crippen LogP contribution is -2.09. The molecule has 0 aromatic rings. The van der Waals surface area contributed by atoms with Gasteiger partial charge in [0.25, 0.3) is 0 Å². The number of hydrogen-bond acceptors (Lipinski definition) is 2. The lowest BCUT2D eigenvalue weighted by atomic mass is 10.0. The molecule has 1 atom stereocenters. The van der Waals surface area contributed by atoms with Gasteiger partial charge in [-0.25, -0.2) is 4.79 Å². The molecule has 2 heteroatoms. The number of carbonyl (C=O) groups excluding carboxylic acids is 1. The lowest BCUT2D eigenvalue weighted by molar-refractivity contribution is -0.139. The summed E-state index contributed by atoms with van der Waals surface area (Å²) >= 11 is 0. The van der Waals surface area contributed by atoms with E-state index in [0.29, 0.717) is 0 Å². The van der Waals surface area contributed by atoms with Crippen LogP contribution in [0.4, 0.5) is 0 Å². The summed E-state index contributed by atoms with van der Waals surface area (Å²) in [6.45, 7) is 1.89. The van der Waals surface area contributed by atoms with Crippen LogP contribution in [0.3, 0.4) is 0 Å². The van der Waals surface area contributed by atoms with E-state index >= 15 is 0 Å². The van der Waals surface area contributed by atoms with Crippen molar-refractivity contribution in [2.24, 2.45) is 0 Å². The molecule has 66 valence electrons. The van der Waals surface area contributed by atoms with Crippen LogP contribution in [0.15, 0.2) is 11.1 Å². The Balaban J connectivity index is 2.25. The van der Waals surface area contributed by atoms with Crippen molar-refractivity contribution in [1.29, 1.82) is 0 Å². The molecule has 2 aliphatic rings. The zero-order valence-electron chi connectivity index (χ0n) is 7.43. The van der Waals surface area contributed by atoms with E-state index in [9.17, 15) is 4.79 Å². The minimum absolute atomic E-state index is 0.0862. The van der Waals surface area contributed by atoms with Crippen molar-refractivity contribution in [3.63, 3.8) is 0 Å². The Morgan fingerprint density at radius 2 is 2.17 bits per heavy atom. The van der Waals surface area contributed by atoms with Gasteiger partial charge in [-0.2, -0.15) is 0 Å². The first-order valence-corrected chi connectivity index (χ1v) is 4.69. The monoisotopic (exact) mass is 166 g/mol. The molecule has 1 aliphatic carbocycles. The fraction of sp³-hybridized carbons (Fsp3) is 0.700. The lowest BCUT2D eigenvalue weighted by Gasteiger charge is -2.09. The van der Waals surface area contributed by atoms with E-state index in [1.54, 1.807) is 0 Å². The minimum atomic E-state index is -0.0862. The van der Waals surface area contributed by atoms with Crippen molar-refractivity contribution in [3.05, 3.63) is 11.1 Å². The molecule has 2 rings (SSSR count). The van der Waals surface area contributed by atoms with Crippen molar-refractivity contribution < 1.29 is 9.53 Å². The van der Waals surface area contributed by atoms with Crippen molar-refractivity contribution >= 4 is 5.97 Å². The molecule has 1 aliphatic heterocycles. The predicted octanol–water partition coefficient (Wildman–Crippen LogP) is 2.19. The van der Waals surface area contributed by atoms with Crippen LogP contribution < -0.4 is 0 Å². The van der Waals surface area contributed by atoms with Gasteiger partial charge in [0.1, 0.15) is 6.10 Å². The van der Waals surface area contributed by atoms with E-state index in [1.807, 2.05) is 6.92 Å². The summed E-state index contributed by atoms with van der Waals surface area (Å²) in [6, 6.07) is 0. The first-order valence-electron chi connectivity index (χ1n) is 4.69. The van der Waals surface area contributed by atoms with Gasteiger partial charge in [-0.1, -0.05) is 6.42 Å². The topological polar surface area (TPSA) is 26.3 Å². The highest BCUT2D eigenvalue weighted by molar-refractivity contribution is 5.91. The molecule has 12 heavy (non-hydrogen) atoms. The third-order valence-corrected chi connectivity index (χ3v) is 2.84. The van der Waals surface area contributed by atoms with Crippen LogP contribution in [-0.4, -0.2) is 12.1 Å². The van der Waals surface area contributed by atoms with Gasteiger partial charge in [-0.3, -0.25) is 0 Å². The highest BCUT2D eigenvalue weighted by Gasteiger charge is 2.31. The number of ether oxygens (including phenoxy) is 1. The van der Waals surface area contributed by atoms with Crippen molar-refractivity contribution in [3.8, 4) is 0 Å². The molecule has 0 spiro atoms. The van der Waals surface area contributed by atoms with E-state index in [0.717, 1.165) is 18.4 Å². The Bertz CT molecular complexity index is 240. The fourth-order valence-electron chi connectivity index (χ4n) is 2.06. The molecule has 0 radical (unpaired) electrons. The molecule has 1 heterocycles. The van der Waals surface area contributed by atoms with Crippen molar-refractivity contribution in [2.45, 2.75) is 45.1 Å². The molecule has 0 unspecified atom stereocenters. The van der Waals surface area contributed by atoms with Crippen molar-refractivity contribution in [2.75, 3.05) is 0 Å². The van der Waals surface area contributed by atoms with Crippen LogP contribution in [0.25, 0.3) is 0 Å². The smallest absolute Gasteiger partial charge is 0.334 e. The zero-order chi connectivity index (χ0) is 8.55. The third-order valence-electron chi connectivity index (χ3n) is 2.84. The number of carbonyl (C=O) groups is 1. The Morgan fingerprint density at radius 3 is 3.00 bits per heavy atom. The molecule has 0 N–H and O–H groups in total. The Labute approximate surface area is 72.6 Å². The summed E-state index contributed by atoms with van der Waals surface area (Å²) in [5.74, 6) is -0.0862. The average molecular weight is 166 g/mol. The quantitative estimate of drug-likeness (QED) is 0.516. The van der Waals surface area contributed by atoms with Crippen LogP contribution in [0.2, 0.25) is 0 Å². The molecule has 0 bridgehead atoms. The van der Waals surface area contributed by atoms with Gasteiger partial charge in [0.05, 0.1) is 0 Å². The molecule has 0 amide bonds. The summed E-state index contributed by atoms with van der Waals surface area (Å²) in [7, 11) is 0. The second-order valence-corrected chi connectivity index (χ2v) is 3.64. The normalized spacial score (nSPS) is 29.8. The Morgan fingerprint density at radius 1 is 1.33 bits per heavy atom. The second-order valence-electron chi connectivity index (χ2n) is 3.64. The molecule has 1 saturated carbocycles. The Hall–Kier alpha value is -0.790. The standard InChI is InChI=1S/C10H14O2/c1-7-8-5-3-2-4-6-9(8)12-10(7)11/h9H,2-6H2,1H3/t9-/m0/s1. The van der Waals surface area contributed by atoms with Crippen LogP contribution in [0.5, 0.6) is 0 Å². The summed E-state index contributed by atoms with van der Waals surface area (Å²) in [6.07, 6.45) is 5.96. The van der Waals surface area contributed by atoms with Crippen LogP contribution in [0, 0.1) is 0 Å². The maximum absolute atomic E-state index is 11.2. The van der Waals surface area contributed by atoms with Crippen molar-refractivity contribution in [1.82, 2.24) is 0 Å². The predicted molar refractivity (Wildman–Crippen MR) is 45.7 cm³/mol. The van der Waals surface area contributed by atoms with Gasteiger partial charge < -0.3 is 4.74 Å². The number of rotatable bonds is 0. The van der Waals surface area contributed by atoms with Crippen LogP contribution in [-0.2, 0) is 9.53 Å². The van der Waals surface area contributed by atoms with Crippen LogP contribution >= 0.6 is 0 Å². The highest BCUT2D eigenvalue weighted by atomic mass is 16.5. The number of hydrogen-bond donors (Lipinski definition) is 0. The Kier molecular flexibility index (Phi) is 1.91. The first-order chi connectivity index (χ1) is 5.79. The highest BCUT2D eigenvalue weighted by Crippen LogP contribution is 2.32. The first kappa shape index (κ1) is 7.84. The van der Waals surface area contributed by atoms with Crippen LogP contribution in [0.1, 0.15) is 39.0 Å². The minimum Gasteiger partial charge on any atom is -0.454 e.